The van der Waals surface area contributed by atoms with Gasteiger partial charge in [-0.15, -0.1) is 13.2 Å². The summed E-state index contributed by atoms with van der Waals surface area (Å²) in [5.74, 6) is 0.514. The van der Waals surface area contributed by atoms with Crippen LogP contribution < -0.4 is 14.4 Å². The highest BCUT2D eigenvalue weighted by Gasteiger charge is 2.33. The number of hydrogen-bond acceptors (Lipinski definition) is 4. The number of thiocarbonyl (C=S) groups is 1. The van der Waals surface area contributed by atoms with E-state index in [1.165, 1.54) is 12.1 Å². The molecule has 3 rings (SSSR count). The van der Waals surface area contributed by atoms with Gasteiger partial charge in [0.25, 0.3) is 0 Å². The fraction of sp³-hybridized carbons (Fsp3) is 0.316. The average molecular weight is 396 g/mol. The molecule has 1 aliphatic rings. The third kappa shape index (κ3) is 4.63. The van der Waals surface area contributed by atoms with Gasteiger partial charge in [0.05, 0.1) is 18.4 Å². The first kappa shape index (κ1) is 19.3. The Hall–Kier alpha value is -2.48. The lowest BCUT2D eigenvalue weighted by Crippen LogP contribution is -2.48. The number of anilines is 1. The van der Waals surface area contributed by atoms with E-state index in [9.17, 15) is 13.2 Å². The number of ether oxygens (including phenoxy) is 2. The van der Waals surface area contributed by atoms with Gasteiger partial charge in [0.2, 0.25) is 0 Å². The van der Waals surface area contributed by atoms with Gasteiger partial charge < -0.3 is 19.3 Å². The second kappa shape index (κ2) is 8.04. The SMILES string of the molecule is COc1ccccc1N1CCN(C(=S)c2ccccc2OC(F)(F)F)CC1. The Kier molecular flexibility index (Phi) is 5.74. The maximum absolute atomic E-state index is 12.6. The van der Waals surface area contributed by atoms with Crippen LogP contribution in [-0.2, 0) is 0 Å². The van der Waals surface area contributed by atoms with E-state index < -0.39 is 6.36 Å². The third-order valence-electron chi connectivity index (χ3n) is 4.34. The van der Waals surface area contributed by atoms with Crippen molar-refractivity contribution in [3.63, 3.8) is 0 Å². The second-order valence-corrected chi connectivity index (χ2v) is 6.38. The van der Waals surface area contributed by atoms with Crippen molar-refractivity contribution in [1.82, 2.24) is 4.90 Å². The summed E-state index contributed by atoms with van der Waals surface area (Å²) in [5, 5.41) is 0. The molecule has 0 spiro atoms. The van der Waals surface area contributed by atoms with E-state index >= 15 is 0 Å². The number of piperazine rings is 1. The van der Waals surface area contributed by atoms with Gasteiger partial charge >= 0.3 is 6.36 Å². The van der Waals surface area contributed by atoms with Crippen LogP contribution in [0.5, 0.6) is 11.5 Å². The van der Waals surface area contributed by atoms with Crippen LogP contribution in [-0.4, -0.2) is 49.5 Å². The molecule has 4 nitrogen and oxygen atoms in total. The third-order valence-corrected chi connectivity index (χ3v) is 4.81. The summed E-state index contributed by atoms with van der Waals surface area (Å²) < 4.78 is 47.4. The van der Waals surface area contributed by atoms with Crippen LogP contribution in [0.25, 0.3) is 0 Å². The quantitative estimate of drug-likeness (QED) is 0.725. The molecule has 1 saturated heterocycles. The average Bonchev–Trinajstić information content (AvgIpc) is 2.67. The summed E-state index contributed by atoms with van der Waals surface area (Å²) in [4.78, 5) is 4.44. The fourth-order valence-electron chi connectivity index (χ4n) is 3.07. The lowest BCUT2D eigenvalue weighted by molar-refractivity contribution is -0.274. The number of rotatable bonds is 4. The van der Waals surface area contributed by atoms with Crippen molar-refractivity contribution >= 4 is 22.9 Å². The molecule has 1 heterocycles. The van der Waals surface area contributed by atoms with E-state index in [1.54, 1.807) is 19.2 Å². The molecule has 8 heteroatoms. The van der Waals surface area contributed by atoms with Crippen molar-refractivity contribution in [2.75, 3.05) is 38.2 Å². The van der Waals surface area contributed by atoms with Crippen molar-refractivity contribution in [2.24, 2.45) is 0 Å². The predicted molar refractivity (Wildman–Crippen MR) is 102 cm³/mol. The molecule has 0 N–H and O–H groups in total. The maximum atomic E-state index is 12.6. The first-order valence-electron chi connectivity index (χ1n) is 8.41. The first-order valence-corrected chi connectivity index (χ1v) is 8.82. The van der Waals surface area contributed by atoms with E-state index in [2.05, 4.69) is 9.64 Å². The van der Waals surface area contributed by atoms with E-state index in [4.69, 9.17) is 17.0 Å². The Balaban J connectivity index is 1.71. The number of para-hydroxylation sites is 3. The highest BCUT2D eigenvalue weighted by atomic mass is 32.1. The van der Waals surface area contributed by atoms with Crippen LogP contribution in [0.2, 0.25) is 0 Å². The molecule has 0 unspecified atom stereocenters. The van der Waals surface area contributed by atoms with Crippen LogP contribution in [0.4, 0.5) is 18.9 Å². The molecular formula is C19H19F3N2O2S. The van der Waals surface area contributed by atoms with Gasteiger partial charge in [-0.05, 0) is 24.3 Å². The maximum Gasteiger partial charge on any atom is 0.573 e. The Morgan fingerprint density at radius 1 is 0.926 bits per heavy atom. The zero-order valence-corrected chi connectivity index (χ0v) is 15.5. The monoisotopic (exact) mass is 396 g/mol. The minimum absolute atomic E-state index is 0.274. The number of benzene rings is 2. The van der Waals surface area contributed by atoms with Crippen molar-refractivity contribution < 1.29 is 22.6 Å². The van der Waals surface area contributed by atoms with Crippen LogP contribution in [0.15, 0.2) is 48.5 Å². The Labute approximate surface area is 161 Å². The number of methoxy groups -OCH3 is 1. The molecule has 0 bridgehead atoms. The topological polar surface area (TPSA) is 24.9 Å². The van der Waals surface area contributed by atoms with Crippen molar-refractivity contribution in [1.29, 1.82) is 0 Å². The lowest BCUT2D eigenvalue weighted by Gasteiger charge is -2.38. The van der Waals surface area contributed by atoms with Crippen LogP contribution in [0.1, 0.15) is 5.56 Å². The van der Waals surface area contributed by atoms with Gasteiger partial charge in [0.15, 0.2) is 0 Å². The summed E-state index contributed by atoms with van der Waals surface area (Å²) >= 11 is 5.46. The molecule has 144 valence electrons. The van der Waals surface area contributed by atoms with Crippen LogP contribution in [0, 0.1) is 0 Å². The molecule has 27 heavy (non-hydrogen) atoms. The van der Waals surface area contributed by atoms with Crippen molar-refractivity contribution in [3.8, 4) is 11.5 Å². The number of alkyl halides is 3. The Bertz CT molecular complexity index is 806. The summed E-state index contributed by atoms with van der Waals surface area (Å²) in [5.41, 5.74) is 1.27. The Morgan fingerprint density at radius 3 is 2.15 bits per heavy atom. The second-order valence-electron chi connectivity index (χ2n) is 6.00. The van der Waals surface area contributed by atoms with E-state index in [0.717, 1.165) is 11.4 Å². The smallest absolute Gasteiger partial charge is 0.495 e. The molecule has 0 atom stereocenters. The highest BCUT2D eigenvalue weighted by Crippen LogP contribution is 2.30. The van der Waals surface area contributed by atoms with Gasteiger partial charge in [0.1, 0.15) is 16.5 Å². The van der Waals surface area contributed by atoms with Gasteiger partial charge in [-0.3, -0.25) is 0 Å². The van der Waals surface area contributed by atoms with Crippen LogP contribution >= 0.6 is 12.2 Å². The predicted octanol–water partition coefficient (Wildman–Crippen LogP) is 4.09. The molecule has 2 aromatic rings. The lowest BCUT2D eigenvalue weighted by atomic mass is 10.1. The molecule has 0 radical (unpaired) electrons. The molecule has 2 aromatic carbocycles. The van der Waals surface area contributed by atoms with Crippen molar-refractivity contribution in [3.05, 3.63) is 54.1 Å². The summed E-state index contributed by atoms with van der Waals surface area (Å²) in [6.45, 7) is 2.56. The largest absolute Gasteiger partial charge is 0.573 e. The van der Waals surface area contributed by atoms with Gasteiger partial charge in [-0.1, -0.05) is 36.5 Å². The summed E-state index contributed by atoms with van der Waals surface area (Å²) in [6.07, 6.45) is -4.76. The zero-order valence-electron chi connectivity index (χ0n) is 14.7. The molecule has 1 fully saturated rings. The van der Waals surface area contributed by atoms with Gasteiger partial charge in [0, 0.05) is 26.2 Å². The number of halogens is 3. The molecule has 0 saturated carbocycles. The van der Waals surface area contributed by atoms with E-state index in [1.807, 2.05) is 29.2 Å². The summed E-state index contributed by atoms with van der Waals surface area (Å²) in [6, 6.07) is 13.7. The summed E-state index contributed by atoms with van der Waals surface area (Å²) in [7, 11) is 1.63. The highest BCUT2D eigenvalue weighted by molar-refractivity contribution is 7.80. The number of hydrogen-bond donors (Lipinski definition) is 0. The minimum atomic E-state index is -4.76. The minimum Gasteiger partial charge on any atom is -0.495 e. The van der Waals surface area contributed by atoms with E-state index in [-0.39, 0.29) is 11.3 Å². The molecule has 1 aliphatic heterocycles. The normalized spacial score (nSPS) is 14.8. The number of nitrogens with zero attached hydrogens (tertiary/aromatic N) is 2. The molecule has 0 amide bonds. The zero-order chi connectivity index (χ0) is 19.4. The first-order chi connectivity index (χ1) is 12.9. The van der Waals surface area contributed by atoms with Crippen LogP contribution in [0.3, 0.4) is 0 Å². The van der Waals surface area contributed by atoms with Gasteiger partial charge in [-0.25, -0.2) is 0 Å². The van der Waals surface area contributed by atoms with Gasteiger partial charge in [-0.2, -0.15) is 0 Å². The van der Waals surface area contributed by atoms with E-state index in [0.29, 0.717) is 31.2 Å². The van der Waals surface area contributed by atoms with Crippen molar-refractivity contribution in [2.45, 2.75) is 6.36 Å². The fourth-order valence-corrected chi connectivity index (χ4v) is 3.42. The Morgan fingerprint density at radius 2 is 1.52 bits per heavy atom. The molecule has 0 aliphatic carbocycles. The standard InChI is InChI=1S/C19H19F3N2O2S/c1-25-17-9-5-3-7-15(17)23-10-12-24(13-11-23)18(27)14-6-2-4-8-16(14)26-19(20,21)22/h2-9H,10-13H2,1H3. The molecule has 0 aromatic heterocycles. The molecular weight excluding hydrogens is 377 g/mol.